The molecule has 2 N–H and O–H groups in total. The van der Waals surface area contributed by atoms with Crippen molar-refractivity contribution in [1.29, 1.82) is 0 Å². The Morgan fingerprint density at radius 3 is 2.00 bits per heavy atom. The fourth-order valence-electron chi connectivity index (χ4n) is 2.58. The lowest BCUT2D eigenvalue weighted by Gasteiger charge is -2.26. The Balaban J connectivity index is 2.58. The van der Waals surface area contributed by atoms with Crippen molar-refractivity contribution in [2.75, 3.05) is 12.4 Å². The Labute approximate surface area is 151 Å². The third-order valence-corrected chi connectivity index (χ3v) is 4.20. The van der Waals surface area contributed by atoms with Gasteiger partial charge in [0.2, 0.25) is 0 Å². The first-order valence-corrected chi connectivity index (χ1v) is 8.60. The second kappa shape index (κ2) is 6.87. The summed E-state index contributed by atoms with van der Waals surface area (Å²) in [7, 11) is 1.85. The van der Waals surface area contributed by atoms with Crippen LogP contribution in [0.5, 0.6) is 5.75 Å². The number of hydrogen-bond acceptors (Lipinski definition) is 4. The van der Waals surface area contributed by atoms with Crippen molar-refractivity contribution < 1.29 is 5.11 Å². The summed E-state index contributed by atoms with van der Waals surface area (Å²) in [6.45, 7) is 12.7. The lowest BCUT2D eigenvalue weighted by Crippen LogP contribution is -2.16. The zero-order valence-corrected chi connectivity index (χ0v) is 16.3. The minimum absolute atomic E-state index is 0.0408. The van der Waals surface area contributed by atoms with Crippen LogP contribution in [0.2, 0.25) is 0 Å². The molecule has 0 saturated carbocycles. The molecule has 2 aromatic carbocycles. The van der Waals surface area contributed by atoms with Crippen LogP contribution in [0.1, 0.15) is 52.7 Å². The van der Waals surface area contributed by atoms with Gasteiger partial charge in [0, 0.05) is 12.6 Å². The van der Waals surface area contributed by atoms with Crippen LogP contribution in [0.15, 0.2) is 46.6 Å². The second-order valence-electron chi connectivity index (χ2n) is 8.36. The van der Waals surface area contributed by atoms with Crippen LogP contribution in [-0.2, 0) is 10.8 Å². The number of nitrogens with one attached hydrogen (secondary N) is 1. The molecule has 2 rings (SSSR count). The van der Waals surface area contributed by atoms with Gasteiger partial charge in [-0.3, -0.25) is 0 Å². The molecule has 0 heterocycles. The molecule has 0 spiro atoms. The van der Waals surface area contributed by atoms with Gasteiger partial charge in [-0.25, -0.2) is 0 Å². The molecule has 4 heteroatoms. The van der Waals surface area contributed by atoms with Crippen molar-refractivity contribution in [3.63, 3.8) is 0 Å². The van der Waals surface area contributed by atoms with Gasteiger partial charge in [0.25, 0.3) is 0 Å². The first kappa shape index (κ1) is 19.0. The van der Waals surface area contributed by atoms with Gasteiger partial charge in [0.1, 0.15) is 17.1 Å². The molecular formula is C21H29N3O. The van der Waals surface area contributed by atoms with Gasteiger partial charge in [-0.05, 0) is 34.6 Å². The number of para-hydroxylation sites is 1. The average molecular weight is 339 g/mol. The molecule has 0 unspecified atom stereocenters. The Morgan fingerprint density at radius 1 is 0.840 bits per heavy atom. The van der Waals surface area contributed by atoms with Crippen LogP contribution in [-0.4, -0.2) is 12.2 Å². The summed E-state index contributed by atoms with van der Waals surface area (Å²) >= 11 is 0. The highest BCUT2D eigenvalue weighted by Crippen LogP contribution is 2.42. The molecule has 0 radical (unpaired) electrons. The molecular weight excluding hydrogens is 310 g/mol. The molecule has 2 aromatic rings. The molecule has 0 aliphatic rings. The topological polar surface area (TPSA) is 57.0 Å². The normalized spacial score (nSPS) is 12.6. The molecule has 0 aromatic heterocycles. The Morgan fingerprint density at radius 2 is 1.44 bits per heavy atom. The lowest BCUT2D eigenvalue weighted by atomic mass is 9.80. The molecule has 134 valence electrons. The van der Waals surface area contributed by atoms with E-state index in [1.807, 2.05) is 37.4 Å². The molecule has 0 fully saturated rings. The highest BCUT2D eigenvalue weighted by atomic mass is 16.3. The quantitative estimate of drug-likeness (QED) is 0.632. The van der Waals surface area contributed by atoms with Gasteiger partial charge in [0.05, 0.1) is 5.69 Å². The van der Waals surface area contributed by atoms with Crippen LogP contribution in [0.4, 0.5) is 17.1 Å². The molecule has 0 bridgehead atoms. The largest absolute Gasteiger partial charge is 0.505 e. The summed E-state index contributed by atoms with van der Waals surface area (Å²) in [4.78, 5) is 0. The van der Waals surface area contributed by atoms with E-state index in [1.54, 1.807) is 0 Å². The minimum Gasteiger partial charge on any atom is -0.505 e. The Hall–Kier alpha value is -2.36. The smallest absolute Gasteiger partial charge is 0.146 e. The summed E-state index contributed by atoms with van der Waals surface area (Å²) in [5.41, 5.74) is 3.93. The number of anilines is 1. The third-order valence-electron chi connectivity index (χ3n) is 4.20. The number of phenols is 1. The zero-order valence-electron chi connectivity index (χ0n) is 16.3. The third kappa shape index (κ3) is 4.38. The van der Waals surface area contributed by atoms with E-state index < -0.39 is 0 Å². The number of phenolic OH excluding ortho intramolecular Hbond substituents is 1. The van der Waals surface area contributed by atoms with E-state index in [1.165, 1.54) is 0 Å². The Bertz CT molecular complexity index is 781. The number of aromatic hydroxyl groups is 1. The van der Waals surface area contributed by atoms with Crippen molar-refractivity contribution in [3.8, 4) is 5.75 Å². The molecule has 0 aliphatic heterocycles. The molecule has 0 atom stereocenters. The summed E-state index contributed by atoms with van der Waals surface area (Å²) in [6, 6.07) is 11.7. The number of nitrogens with zero attached hydrogens (tertiary/aromatic N) is 2. The average Bonchev–Trinajstić information content (AvgIpc) is 2.51. The van der Waals surface area contributed by atoms with E-state index in [9.17, 15) is 5.11 Å². The summed E-state index contributed by atoms with van der Waals surface area (Å²) < 4.78 is 0. The van der Waals surface area contributed by atoms with Crippen molar-refractivity contribution in [2.24, 2.45) is 10.2 Å². The van der Waals surface area contributed by atoms with E-state index in [4.69, 9.17) is 0 Å². The van der Waals surface area contributed by atoms with E-state index in [-0.39, 0.29) is 16.6 Å². The fourth-order valence-corrected chi connectivity index (χ4v) is 2.58. The van der Waals surface area contributed by atoms with Gasteiger partial charge in [-0.2, -0.15) is 0 Å². The summed E-state index contributed by atoms with van der Waals surface area (Å²) in [5.74, 6) is 0.200. The van der Waals surface area contributed by atoms with Crippen LogP contribution in [0.3, 0.4) is 0 Å². The molecule has 0 aliphatic carbocycles. The van der Waals surface area contributed by atoms with Crippen LogP contribution >= 0.6 is 0 Å². The first-order valence-electron chi connectivity index (χ1n) is 8.60. The van der Waals surface area contributed by atoms with Gasteiger partial charge >= 0.3 is 0 Å². The molecule has 25 heavy (non-hydrogen) atoms. The van der Waals surface area contributed by atoms with Gasteiger partial charge in [-0.1, -0.05) is 59.7 Å². The van der Waals surface area contributed by atoms with E-state index >= 15 is 0 Å². The maximum atomic E-state index is 10.7. The number of hydrogen-bond donors (Lipinski definition) is 2. The zero-order chi connectivity index (χ0) is 18.8. The minimum atomic E-state index is -0.182. The predicted octanol–water partition coefficient (Wildman–Crippen LogP) is 6.44. The maximum absolute atomic E-state index is 10.7. The molecule has 0 saturated heterocycles. The number of azo groups is 1. The van der Waals surface area contributed by atoms with Gasteiger partial charge < -0.3 is 10.4 Å². The SMILES string of the molecule is CNc1ccccc1N=Nc1cc(C(C)(C)C)cc(C(C)(C)C)c1O. The van der Waals surface area contributed by atoms with Crippen molar-refractivity contribution >= 4 is 17.1 Å². The van der Waals surface area contributed by atoms with Gasteiger partial charge in [0.15, 0.2) is 0 Å². The van der Waals surface area contributed by atoms with Crippen LogP contribution in [0, 0.1) is 0 Å². The molecule has 4 nitrogen and oxygen atoms in total. The lowest BCUT2D eigenvalue weighted by molar-refractivity contribution is 0.446. The predicted molar refractivity (Wildman–Crippen MR) is 106 cm³/mol. The van der Waals surface area contributed by atoms with E-state index in [0.717, 1.165) is 22.5 Å². The molecule has 0 amide bonds. The van der Waals surface area contributed by atoms with Gasteiger partial charge in [-0.15, -0.1) is 10.2 Å². The highest BCUT2D eigenvalue weighted by molar-refractivity contribution is 5.65. The standard InChI is InChI=1S/C21H29N3O/c1-20(2,3)14-12-15(21(4,5)6)19(25)18(13-14)24-23-17-11-9-8-10-16(17)22-7/h8-13,22,25H,1-7H3. The van der Waals surface area contributed by atoms with Crippen molar-refractivity contribution in [3.05, 3.63) is 47.5 Å². The van der Waals surface area contributed by atoms with Crippen molar-refractivity contribution in [1.82, 2.24) is 0 Å². The summed E-state index contributed by atoms with van der Waals surface area (Å²) in [5, 5.41) is 22.6. The van der Waals surface area contributed by atoms with Crippen LogP contribution in [0.25, 0.3) is 0 Å². The number of rotatable bonds is 3. The second-order valence-corrected chi connectivity index (χ2v) is 8.36. The van der Waals surface area contributed by atoms with Crippen LogP contribution < -0.4 is 5.32 Å². The Kier molecular flexibility index (Phi) is 5.21. The van der Waals surface area contributed by atoms with E-state index in [0.29, 0.717) is 5.69 Å². The summed E-state index contributed by atoms with van der Waals surface area (Å²) in [6.07, 6.45) is 0. The fraction of sp³-hybridized carbons (Fsp3) is 0.429. The first-order chi connectivity index (χ1) is 11.5. The monoisotopic (exact) mass is 339 g/mol. The maximum Gasteiger partial charge on any atom is 0.146 e. The van der Waals surface area contributed by atoms with Crippen molar-refractivity contribution in [2.45, 2.75) is 52.4 Å². The van der Waals surface area contributed by atoms with E-state index in [2.05, 4.69) is 63.2 Å². The number of benzene rings is 2. The highest BCUT2D eigenvalue weighted by Gasteiger charge is 2.25.